The Hall–Kier alpha value is -1.47. The van der Waals surface area contributed by atoms with Crippen LogP contribution in [0.25, 0.3) is 0 Å². The van der Waals surface area contributed by atoms with Crippen LogP contribution >= 0.6 is 11.6 Å². The molecule has 1 rings (SSSR count). The molecule has 1 aromatic heterocycles. The third-order valence-corrected chi connectivity index (χ3v) is 2.67. The van der Waals surface area contributed by atoms with E-state index in [0.717, 1.165) is 0 Å². The van der Waals surface area contributed by atoms with Gasteiger partial charge >= 0.3 is 5.69 Å². The number of methoxy groups -OCH3 is 1. The van der Waals surface area contributed by atoms with Crippen LogP contribution in [0.15, 0.2) is 6.33 Å². The highest BCUT2D eigenvalue weighted by Gasteiger charge is 2.26. The van der Waals surface area contributed by atoms with Gasteiger partial charge in [0.2, 0.25) is 11.0 Å². The molecule has 0 atom stereocenters. The van der Waals surface area contributed by atoms with Gasteiger partial charge in [0, 0.05) is 20.2 Å². The average molecular weight is 289 g/mol. The Labute approximate surface area is 116 Å². The molecule has 0 spiro atoms. The monoisotopic (exact) mass is 288 g/mol. The zero-order chi connectivity index (χ0) is 14.4. The molecule has 0 amide bonds. The van der Waals surface area contributed by atoms with Crippen molar-refractivity contribution in [3.63, 3.8) is 0 Å². The van der Waals surface area contributed by atoms with Crippen molar-refractivity contribution in [3.8, 4) is 0 Å². The summed E-state index contributed by atoms with van der Waals surface area (Å²) in [5, 5.41) is 10.9. The summed E-state index contributed by atoms with van der Waals surface area (Å²) in [5.74, 6) is 0.556. The first-order valence-electron chi connectivity index (χ1n) is 5.86. The minimum Gasteiger partial charge on any atom is -0.383 e. The van der Waals surface area contributed by atoms with E-state index in [1.165, 1.54) is 6.33 Å². The molecule has 0 aliphatic heterocycles. The Morgan fingerprint density at radius 2 is 2.21 bits per heavy atom. The third-order valence-electron chi connectivity index (χ3n) is 2.39. The van der Waals surface area contributed by atoms with Crippen molar-refractivity contribution >= 4 is 23.1 Å². The Morgan fingerprint density at radius 1 is 1.53 bits per heavy atom. The van der Waals surface area contributed by atoms with Gasteiger partial charge < -0.3 is 9.64 Å². The number of ether oxygens (including phenoxy) is 1. The number of halogens is 1. The van der Waals surface area contributed by atoms with Crippen LogP contribution in [0.4, 0.5) is 11.5 Å². The molecule has 0 saturated heterocycles. The van der Waals surface area contributed by atoms with E-state index in [9.17, 15) is 10.1 Å². The number of hydrogen-bond donors (Lipinski definition) is 0. The van der Waals surface area contributed by atoms with E-state index in [1.54, 1.807) is 12.0 Å². The first kappa shape index (κ1) is 15.6. The molecule has 0 N–H and O–H groups in total. The van der Waals surface area contributed by atoms with Crippen LogP contribution in [-0.4, -0.2) is 41.7 Å². The number of nitro groups is 1. The molecule has 0 radical (unpaired) electrons. The van der Waals surface area contributed by atoms with Crippen LogP contribution in [-0.2, 0) is 4.74 Å². The number of anilines is 1. The molecule has 0 saturated carbocycles. The molecule has 0 aliphatic rings. The zero-order valence-corrected chi connectivity index (χ0v) is 11.9. The smallest absolute Gasteiger partial charge is 0.348 e. The first-order chi connectivity index (χ1) is 8.97. The molecule has 0 aromatic carbocycles. The predicted molar refractivity (Wildman–Crippen MR) is 72.6 cm³/mol. The van der Waals surface area contributed by atoms with E-state index in [2.05, 4.69) is 9.97 Å². The summed E-state index contributed by atoms with van der Waals surface area (Å²) in [5.41, 5.74) is -0.263. The number of nitrogens with zero attached hydrogens (tertiary/aromatic N) is 4. The second-order valence-corrected chi connectivity index (χ2v) is 4.78. The minimum atomic E-state index is -0.558. The van der Waals surface area contributed by atoms with Crippen molar-refractivity contribution in [2.24, 2.45) is 5.92 Å². The molecule has 7 nitrogen and oxygen atoms in total. The maximum Gasteiger partial charge on any atom is 0.348 e. The van der Waals surface area contributed by atoms with E-state index in [4.69, 9.17) is 16.3 Å². The van der Waals surface area contributed by atoms with Crippen LogP contribution < -0.4 is 4.90 Å². The van der Waals surface area contributed by atoms with Crippen LogP contribution in [0.3, 0.4) is 0 Å². The minimum absolute atomic E-state index is 0.152. The van der Waals surface area contributed by atoms with Gasteiger partial charge in [-0.25, -0.2) is 9.97 Å². The zero-order valence-electron chi connectivity index (χ0n) is 11.2. The van der Waals surface area contributed by atoms with Crippen LogP contribution in [0.5, 0.6) is 0 Å². The largest absolute Gasteiger partial charge is 0.383 e. The van der Waals surface area contributed by atoms with Gasteiger partial charge in [0.25, 0.3) is 0 Å². The van der Waals surface area contributed by atoms with E-state index >= 15 is 0 Å². The molecule has 0 aliphatic carbocycles. The van der Waals surface area contributed by atoms with Crippen LogP contribution in [0, 0.1) is 16.0 Å². The van der Waals surface area contributed by atoms with Gasteiger partial charge in [0.15, 0.2) is 0 Å². The van der Waals surface area contributed by atoms with Crippen molar-refractivity contribution in [2.75, 3.05) is 31.7 Å². The SMILES string of the molecule is COCCN(CC(C)C)c1ncnc(Cl)c1[N+](=O)[O-]. The van der Waals surface area contributed by atoms with Gasteiger partial charge in [0.05, 0.1) is 11.5 Å². The molecule has 0 unspecified atom stereocenters. The Morgan fingerprint density at radius 3 is 2.74 bits per heavy atom. The van der Waals surface area contributed by atoms with Gasteiger partial charge in [-0.05, 0) is 5.92 Å². The fraction of sp³-hybridized carbons (Fsp3) is 0.636. The summed E-state index contributed by atoms with van der Waals surface area (Å²) in [6.45, 7) is 5.62. The lowest BCUT2D eigenvalue weighted by Gasteiger charge is -2.24. The van der Waals surface area contributed by atoms with Crippen molar-refractivity contribution in [3.05, 3.63) is 21.6 Å². The second-order valence-electron chi connectivity index (χ2n) is 4.43. The van der Waals surface area contributed by atoms with Gasteiger partial charge in [-0.1, -0.05) is 25.4 Å². The van der Waals surface area contributed by atoms with Crippen molar-refractivity contribution in [1.29, 1.82) is 0 Å². The molecular formula is C11H17ClN4O3. The van der Waals surface area contributed by atoms with E-state index < -0.39 is 4.92 Å². The quantitative estimate of drug-likeness (QED) is 0.434. The fourth-order valence-electron chi connectivity index (χ4n) is 1.66. The van der Waals surface area contributed by atoms with E-state index in [-0.39, 0.29) is 16.7 Å². The van der Waals surface area contributed by atoms with Gasteiger partial charge in [-0.2, -0.15) is 0 Å². The predicted octanol–water partition coefficient (Wildman–Crippen LogP) is 2.15. The Kier molecular flexibility index (Phi) is 5.91. The van der Waals surface area contributed by atoms with Crippen LogP contribution in [0.1, 0.15) is 13.8 Å². The van der Waals surface area contributed by atoms with Gasteiger partial charge in [-0.3, -0.25) is 10.1 Å². The lowest BCUT2D eigenvalue weighted by atomic mass is 10.2. The maximum absolute atomic E-state index is 11.1. The fourth-order valence-corrected chi connectivity index (χ4v) is 1.86. The second kappa shape index (κ2) is 7.20. The molecule has 19 heavy (non-hydrogen) atoms. The number of aromatic nitrogens is 2. The molecule has 106 valence electrons. The highest BCUT2D eigenvalue weighted by atomic mass is 35.5. The lowest BCUT2D eigenvalue weighted by molar-refractivity contribution is -0.384. The molecule has 8 heteroatoms. The molecule has 0 fully saturated rings. The van der Waals surface area contributed by atoms with E-state index in [1.807, 2.05) is 13.8 Å². The van der Waals surface area contributed by atoms with Gasteiger partial charge in [0.1, 0.15) is 6.33 Å². The van der Waals surface area contributed by atoms with Crippen molar-refractivity contribution in [1.82, 2.24) is 9.97 Å². The summed E-state index contributed by atoms with van der Waals surface area (Å²) in [6, 6.07) is 0. The highest BCUT2D eigenvalue weighted by molar-refractivity contribution is 6.31. The normalized spacial score (nSPS) is 10.8. The molecule has 1 heterocycles. The summed E-state index contributed by atoms with van der Waals surface area (Å²) in [7, 11) is 1.58. The van der Waals surface area contributed by atoms with Crippen LogP contribution in [0.2, 0.25) is 5.15 Å². The number of rotatable bonds is 7. The standard InChI is InChI=1S/C11H17ClN4O3/c1-8(2)6-15(4-5-19-3)11-9(16(17)18)10(12)13-7-14-11/h7-8H,4-6H2,1-3H3. The Balaban J connectivity index is 3.13. The lowest BCUT2D eigenvalue weighted by Crippen LogP contribution is -2.32. The molecular weight excluding hydrogens is 272 g/mol. The van der Waals surface area contributed by atoms with Gasteiger partial charge in [-0.15, -0.1) is 0 Å². The summed E-state index contributed by atoms with van der Waals surface area (Å²) >= 11 is 5.79. The maximum atomic E-state index is 11.1. The number of hydrogen-bond acceptors (Lipinski definition) is 6. The summed E-state index contributed by atoms with van der Waals surface area (Å²) < 4.78 is 5.02. The Bertz CT molecular complexity index is 442. The van der Waals surface area contributed by atoms with Crippen molar-refractivity contribution < 1.29 is 9.66 Å². The first-order valence-corrected chi connectivity index (χ1v) is 6.24. The third kappa shape index (κ3) is 4.29. The average Bonchev–Trinajstić information content (AvgIpc) is 2.33. The van der Waals surface area contributed by atoms with Crippen molar-refractivity contribution in [2.45, 2.75) is 13.8 Å². The highest BCUT2D eigenvalue weighted by Crippen LogP contribution is 2.31. The topological polar surface area (TPSA) is 81.4 Å². The molecule has 0 bridgehead atoms. The summed E-state index contributed by atoms with van der Waals surface area (Å²) in [4.78, 5) is 20.0. The molecule has 1 aromatic rings. The summed E-state index contributed by atoms with van der Waals surface area (Å²) in [6.07, 6.45) is 1.23. The van der Waals surface area contributed by atoms with E-state index in [0.29, 0.717) is 25.6 Å².